The van der Waals surface area contributed by atoms with Crippen molar-refractivity contribution in [2.45, 2.75) is 24.4 Å². The van der Waals surface area contributed by atoms with Crippen molar-refractivity contribution in [2.24, 2.45) is 0 Å². The molecule has 0 bridgehead atoms. The second kappa shape index (κ2) is 10.5. The van der Waals surface area contributed by atoms with Crippen LogP contribution in [0.3, 0.4) is 0 Å². The van der Waals surface area contributed by atoms with Crippen LogP contribution in [-0.4, -0.2) is 36.2 Å². The average molecular weight is 487 g/mol. The van der Waals surface area contributed by atoms with Crippen molar-refractivity contribution < 1.29 is 14.3 Å². The molecule has 8 heteroatoms. The molecule has 0 radical (unpaired) electrons. The van der Waals surface area contributed by atoms with Gasteiger partial charge in [-0.15, -0.1) is 23.1 Å². The number of fused-ring (bicyclic) bond motifs is 1. The molecule has 0 aliphatic carbocycles. The molecular weight excluding hydrogens is 464 g/mol. The van der Waals surface area contributed by atoms with Crippen molar-refractivity contribution in [3.05, 3.63) is 81.2 Å². The van der Waals surface area contributed by atoms with Gasteiger partial charge in [0.15, 0.2) is 0 Å². The van der Waals surface area contributed by atoms with E-state index in [4.69, 9.17) is 16.3 Å². The van der Waals surface area contributed by atoms with Crippen molar-refractivity contribution in [2.75, 3.05) is 24.7 Å². The minimum Gasteiger partial charge on any atom is -0.465 e. The molecule has 0 atom stereocenters. The lowest BCUT2D eigenvalue weighted by Gasteiger charge is -2.27. The summed E-state index contributed by atoms with van der Waals surface area (Å²) in [5.41, 5.74) is 2.75. The summed E-state index contributed by atoms with van der Waals surface area (Å²) in [5, 5.41) is 4.18. The average Bonchev–Trinajstić information content (AvgIpc) is 3.15. The van der Waals surface area contributed by atoms with E-state index < -0.39 is 5.97 Å². The molecule has 0 saturated carbocycles. The van der Waals surface area contributed by atoms with Crippen LogP contribution in [0.2, 0.25) is 5.02 Å². The number of thiophene rings is 1. The Hall–Kier alpha value is -2.32. The molecule has 0 spiro atoms. The topological polar surface area (TPSA) is 58.6 Å². The van der Waals surface area contributed by atoms with Crippen molar-refractivity contribution >= 4 is 51.6 Å². The van der Waals surface area contributed by atoms with E-state index in [-0.39, 0.29) is 11.7 Å². The van der Waals surface area contributed by atoms with Crippen molar-refractivity contribution in [3.8, 4) is 0 Å². The van der Waals surface area contributed by atoms with Crippen LogP contribution >= 0.6 is 34.7 Å². The first-order valence-corrected chi connectivity index (χ1v) is 12.4. The number of hydrogen-bond donors (Lipinski definition) is 1. The van der Waals surface area contributed by atoms with Crippen LogP contribution in [0.4, 0.5) is 5.00 Å². The second-order valence-electron chi connectivity index (χ2n) is 7.44. The number of nitrogens with one attached hydrogen (secondary N) is 1. The molecule has 0 fully saturated rings. The standard InChI is InChI=1S/C24H23ClN2O3S2/c1-30-24(29)22-19-11-12-27(13-16-5-3-2-4-6-16)14-20(19)32-23(22)26-21(28)15-31-18-9-7-17(25)8-10-18/h2-10H,11-15H2,1H3,(H,26,28). The Labute approximate surface area is 200 Å². The van der Waals surface area contributed by atoms with Gasteiger partial charge >= 0.3 is 5.97 Å². The first-order valence-electron chi connectivity index (χ1n) is 10.2. The molecule has 1 N–H and O–H groups in total. The Bertz CT molecular complexity index is 1100. The number of carbonyl (C=O) groups is 2. The highest BCUT2D eigenvalue weighted by molar-refractivity contribution is 8.00. The van der Waals surface area contributed by atoms with Gasteiger partial charge in [-0.1, -0.05) is 41.9 Å². The van der Waals surface area contributed by atoms with E-state index >= 15 is 0 Å². The lowest BCUT2D eigenvalue weighted by atomic mass is 10.0. The van der Waals surface area contributed by atoms with Gasteiger partial charge in [-0.05, 0) is 41.8 Å². The number of nitrogens with zero attached hydrogens (tertiary/aromatic N) is 1. The molecular formula is C24H23ClN2O3S2. The van der Waals surface area contributed by atoms with Gasteiger partial charge in [0.25, 0.3) is 0 Å². The summed E-state index contributed by atoms with van der Waals surface area (Å²) >= 11 is 8.81. The fourth-order valence-corrected chi connectivity index (χ4v) is 5.80. The molecule has 2 heterocycles. The molecule has 1 aromatic heterocycles. The van der Waals surface area contributed by atoms with Crippen LogP contribution in [0.25, 0.3) is 0 Å². The Balaban J connectivity index is 1.46. The summed E-state index contributed by atoms with van der Waals surface area (Å²) in [7, 11) is 1.37. The Morgan fingerprint density at radius 2 is 1.91 bits per heavy atom. The second-order valence-corrected chi connectivity index (χ2v) is 10.0. The normalized spacial score (nSPS) is 13.4. The van der Waals surface area contributed by atoms with Crippen molar-refractivity contribution in [1.82, 2.24) is 4.90 Å². The third-order valence-corrected chi connectivity index (χ3v) is 7.61. The summed E-state index contributed by atoms with van der Waals surface area (Å²) in [6, 6.07) is 17.7. The van der Waals surface area contributed by atoms with E-state index in [0.29, 0.717) is 15.6 Å². The van der Waals surface area contributed by atoms with Gasteiger partial charge in [0.05, 0.1) is 18.4 Å². The van der Waals surface area contributed by atoms with Crippen LogP contribution in [-0.2, 0) is 29.0 Å². The third kappa shape index (κ3) is 5.53. The molecule has 4 rings (SSSR count). The van der Waals surface area contributed by atoms with E-state index in [1.807, 2.05) is 30.3 Å². The fraction of sp³-hybridized carbons (Fsp3) is 0.250. The molecule has 1 aliphatic heterocycles. The number of carbonyl (C=O) groups excluding carboxylic acids is 2. The third-order valence-electron chi connectivity index (χ3n) is 5.21. The van der Waals surface area contributed by atoms with Gasteiger partial charge in [-0.25, -0.2) is 4.79 Å². The summed E-state index contributed by atoms with van der Waals surface area (Å²) in [6.45, 7) is 2.45. The number of ether oxygens (including phenoxy) is 1. The first kappa shape index (κ1) is 22.9. The molecule has 0 saturated heterocycles. The first-order chi connectivity index (χ1) is 15.5. The molecule has 1 amide bonds. The number of esters is 1. The predicted molar refractivity (Wildman–Crippen MR) is 131 cm³/mol. The van der Waals surface area contributed by atoms with Gasteiger partial charge < -0.3 is 10.1 Å². The minimum absolute atomic E-state index is 0.158. The van der Waals surface area contributed by atoms with E-state index in [2.05, 4.69) is 22.3 Å². The summed E-state index contributed by atoms with van der Waals surface area (Å²) in [5.74, 6) is -0.320. The number of anilines is 1. The largest absolute Gasteiger partial charge is 0.465 e. The van der Waals surface area contributed by atoms with Gasteiger partial charge in [0, 0.05) is 34.4 Å². The van der Waals surface area contributed by atoms with Gasteiger partial charge in [0.1, 0.15) is 5.00 Å². The number of methoxy groups -OCH3 is 1. The Morgan fingerprint density at radius 3 is 2.62 bits per heavy atom. The number of halogens is 1. The monoisotopic (exact) mass is 486 g/mol. The molecule has 3 aromatic rings. The van der Waals surface area contributed by atoms with Crippen LogP contribution in [0.5, 0.6) is 0 Å². The zero-order chi connectivity index (χ0) is 22.5. The van der Waals surface area contributed by atoms with Crippen LogP contribution in [0.15, 0.2) is 59.5 Å². The highest BCUT2D eigenvalue weighted by Crippen LogP contribution is 2.38. The minimum atomic E-state index is -0.403. The number of benzene rings is 2. The van der Waals surface area contributed by atoms with Crippen LogP contribution in [0.1, 0.15) is 26.4 Å². The Kier molecular flexibility index (Phi) is 7.52. The van der Waals surface area contributed by atoms with E-state index in [1.54, 1.807) is 12.1 Å². The lowest BCUT2D eigenvalue weighted by Crippen LogP contribution is -2.29. The fourth-order valence-electron chi connectivity index (χ4n) is 3.68. The maximum atomic E-state index is 12.6. The number of hydrogen-bond acceptors (Lipinski definition) is 6. The van der Waals surface area contributed by atoms with E-state index in [0.717, 1.165) is 41.4 Å². The zero-order valence-electron chi connectivity index (χ0n) is 17.6. The highest BCUT2D eigenvalue weighted by Gasteiger charge is 2.29. The SMILES string of the molecule is COC(=O)c1c(NC(=O)CSc2ccc(Cl)cc2)sc2c1CCN(Cc1ccccc1)C2. The Morgan fingerprint density at radius 1 is 1.16 bits per heavy atom. The highest BCUT2D eigenvalue weighted by atomic mass is 35.5. The van der Waals surface area contributed by atoms with E-state index in [9.17, 15) is 9.59 Å². The number of rotatable bonds is 7. The number of thioether (sulfide) groups is 1. The predicted octanol–water partition coefficient (Wildman–Crippen LogP) is 5.48. The van der Waals surface area contributed by atoms with Gasteiger partial charge in [0.2, 0.25) is 5.91 Å². The smallest absolute Gasteiger partial charge is 0.341 e. The summed E-state index contributed by atoms with van der Waals surface area (Å²) in [6.07, 6.45) is 0.749. The van der Waals surface area contributed by atoms with Gasteiger partial charge in [-0.3, -0.25) is 9.69 Å². The maximum Gasteiger partial charge on any atom is 0.341 e. The molecule has 5 nitrogen and oxygen atoms in total. The number of amides is 1. The summed E-state index contributed by atoms with van der Waals surface area (Å²) in [4.78, 5) is 29.6. The van der Waals surface area contributed by atoms with Crippen LogP contribution in [0, 0.1) is 0 Å². The molecule has 32 heavy (non-hydrogen) atoms. The van der Waals surface area contributed by atoms with Crippen molar-refractivity contribution in [1.29, 1.82) is 0 Å². The maximum absolute atomic E-state index is 12.6. The zero-order valence-corrected chi connectivity index (χ0v) is 20.0. The van der Waals surface area contributed by atoms with Crippen LogP contribution < -0.4 is 5.32 Å². The lowest BCUT2D eigenvalue weighted by molar-refractivity contribution is -0.113. The molecule has 1 aliphatic rings. The van der Waals surface area contributed by atoms with Gasteiger partial charge in [-0.2, -0.15) is 0 Å². The molecule has 0 unspecified atom stereocenters. The molecule has 2 aromatic carbocycles. The van der Waals surface area contributed by atoms with Crippen molar-refractivity contribution in [3.63, 3.8) is 0 Å². The quantitative estimate of drug-likeness (QED) is 0.354. The van der Waals surface area contributed by atoms with E-state index in [1.165, 1.54) is 35.8 Å². The summed E-state index contributed by atoms with van der Waals surface area (Å²) < 4.78 is 5.03. The molecule has 166 valence electrons.